The van der Waals surface area contributed by atoms with Gasteiger partial charge in [0.05, 0.1) is 0 Å². The second kappa shape index (κ2) is 21.4. The number of thioether (sulfide) groups is 1. The standard InChI is InChI=1S/C23H48S/c1-4-6-7-8-9-10-11-12-13-14-15-16-17-18-19-20-22-24-23(3)21-5-2/h23H,4-22H2,1-3H3. The van der Waals surface area contributed by atoms with E-state index in [0.717, 1.165) is 5.25 Å². The van der Waals surface area contributed by atoms with Gasteiger partial charge in [-0.15, -0.1) is 0 Å². The third-order valence-electron chi connectivity index (χ3n) is 5.10. The smallest absolute Gasteiger partial charge is 0.00186 e. The van der Waals surface area contributed by atoms with Gasteiger partial charge in [-0.05, 0) is 18.6 Å². The van der Waals surface area contributed by atoms with Crippen LogP contribution in [0.5, 0.6) is 0 Å². The van der Waals surface area contributed by atoms with Crippen molar-refractivity contribution in [2.45, 2.75) is 142 Å². The number of unbranched alkanes of at least 4 members (excludes halogenated alkanes) is 15. The van der Waals surface area contributed by atoms with Crippen LogP contribution in [0, 0.1) is 0 Å². The van der Waals surface area contributed by atoms with Crippen molar-refractivity contribution in [1.82, 2.24) is 0 Å². The molecule has 0 bridgehead atoms. The fourth-order valence-corrected chi connectivity index (χ4v) is 4.60. The van der Waals surface area contributed by atoms with E-state index in [4.69, 9.17) is 0 Å². The highest BCUT2D eigenvalue weighted by Crippen LogP contribution is 2.18. The molecule has 146 valence electrons. The minimum Gasteiger partial charge on any atom is -0.159 e. The summed E-state index contributed by atoms with van der Waals surface area (Å²) in [4.78, 5) is 0. The first-order valence-electron chi connectivity index (χ1n) is 11.4. The van der Waals surface area contributed by atoms with Gasteiger partial charge in [0.2, 0.25) is 0 Å². The van der Waals surface area contributed by atoms with E-state index in [9.17, 15) is 0 Å². The maximum absolute atomic E-state index is 2.39. The van der Waals surface area contributed by atoms with Gasteiger partial charge in [-0.1, -0.05) is 124 Å². The molecule has 0 aromatic rings. The predicted molar refractivity (Wildman–Crippen MR) is 116 cm³/mol. The first-order chi connectivity index (χ1) is 11.8. The van der Waals surface area contributed by atoms with Crippen LogP contribution in [0.2, 0.25) is 0 Å². The van der Waals surface area contributed by atoms with Crippen molar-refractivity contribution in [3.05, 3.63) is 0 Å². The van der Waals surface area contributed by atoms with Crippen LogP contribution in [0.3, 0.4) is 0 Å². The summed E-state index contributed by atoms with van der Waals surface area (Å²) in [5.41, 5.74) is 0. The van der Waals surface area contributed by atoms with Gasteiger partial charge >= 0.3 is 0 Å². The van der Waals surface area contributed by atoms with E-state index in [2.05, 4.69) is 32.5 Å². The van der Waals surface area contributed by atoms with Crippen molar-refractivity contribution in [2.75, 3.05) is 5.75 Å². The summed E-state index contributed by atoms with van der Waals surface area (Å²) in [5.74, 6) is 1.39. The van der Waals surface area contributed by atoms with Crippen LogP contribution in [0.15, 0.2) is 0 Å². The lowest BCUT2D eigenvalue weighted by Gasteiger charge is -2.09. The minimum absolute atomic E-state index is 0.881. The van der Waals surface area contributed by atoms with Crippen molar-refractivity contribution in [1.29, 1.82) is 0 Å². The van der Waals surface area contributed by atoms with Crippen molar-refractivity contribution >= 4 is 11.8 Å². The lowest BCUT2D eigenvalue weighted by atomic mass is 10.0. The molecule has 0 rings (SSSR count). The Morgan fingerprint density at radius 3 is 1.25 bits per heavy atom. The fraction of sp³-hybridized carbons (Fsp3) is 1.00. The summed E-state index contributed by atoms with van der Waals surface area (Å²) in [6, 6.07) is 0. The highest BCUT2D eigenvalue weighted by atomic mass is 32.2. The molecule has 0 aliphatic carbocycles. The minimum atomic E-state index is 0.881. The Labute approximate surface area is 159 Å². The molecule has 0 saturated heterocycles. The van der Waals surface area contributed by atoms with E-state index in [1.807, 2.05) is 0 Å². The normalized spacial score (nSPS) is 12.6. The molecule has 0 radical (unpaired) electrons. The highest BCUT2D eigenvalue weighted by Gasteiger charge is 2.00. The maximum Gasteiger partial charge on any atom is 0.00186 e. The Bertz CT molecular complexity index is 214. The molecule has 0 heterocycles. The van der Waals surface area contributed by atoms with Gasteiger partial charge in [-0.3, -0.25) is 0 Å². The lowest BCUT2D eigenvalue weighted by molar-refractivity contribution is 0.531. The number of hydrogen-bond donors (Lipinski definition) is 0. The highest BCUT2D eigenvalue weighted by molar-refractivity contribution is 7.99. The predicted octanol–water partition coefficient (Wildman–Crippen LogP) is 9.17. The molecule has 1 heteroatoms. The van der Waals surface area contributed by atoms with Crippen LogP contribution >= 0.6 is 11.8 Å². The SMILES string of the molecule is CCCCCCCCCCCCCCCCCCSC(C)CCC. The van der Waals surface area contributed by atoms with Gasteiger partial charge in [0, 0.05) is 5.25 Å². The largest absolute Gasteiger partial charge is 0.159 e. The van der Waals surface area contributed by atoms with Crippen LogP contribution in [-0.4, -0.2) is 11.0 Å². The van der Waals surface area contributed by atoms with Crippen LogP contribution in [0.4, 0.5) is 0 Å². The molecule has 0 N–H and O–H groups in total. The van der Waals surface area contributed by atoms with Gasteiger partial charge in [-0.2, -0.15) is 11.8 Å². The van der Waals surface area contributed by atoms with Gasteiger partial charge in [-0.25, -0.2) is 0 Å². The first-order valence-corrected chi connectivity index (χ1v) is 12.5. The first kappa shape index (κ1) is 24.4. The van der Waals surface area contributed by atoms with E-state index >= 15 is 0 Å². The van der Waals surface area contributed by atoms with Gasteiger partial charge < -0.3 is 0 Å². The Morgan fingerprint density at radius 1 is 0.500 bits per heavy atom. The average Bonchev–Trinajstić information content (AvgIpc) is 2.58. The Hall–Kier alpha value is 0.350. The molecule has 1 unspecified atom stereocenters. The fourth-order valence-electron chi connectivity index (χ4n) is 3.42. The molecule has 0 saturated carbocycles. The number of hydrogen-bond acceptors (Lipinski definition) is 1. The molecule has 0 spiro atoms. The van der Waals surface area contributed by atoms with E-state index < -0.39 is 0 Å². The quantitative estimate of drug-likeness (QED) is 0.196. The second-order valence-electron chi connectivity index (χ2n) is 7.77. The third kappa shape index (κ3) is 20.4. The molecule has 1 atom stereocenters. The zero-order chi connectivity index (χ0) is 17.7. The third-order valence-corrected chi connectivity index (χ3v) is 6.42. The van der Waals surface area contributed by atoms with Crippen LogP contribution in [-0.2, 0) is 0 Å². The van der Waals surface area contributed by atoms with Gasteiger partial charge in [0.1, 0.15) is 0 Å². The molecule has 0 aliphatic heterocycles. The zero-order valence-corrected chi connectivity index (χ0v) is 18.2. The van der Waals surface area contributed by atoms with E-state index in [0.29, 0.717) is 0 Å². The van der Waals surface area contributed by atoms with Crippen molar-refractivity contribution in [2.24, 2.45) is 0 Å². The van der Waals surface area contributed by atoms with Crippen molar-refractivity contribution < 1.29 is 0 Å². The molecule has 0 nitrogen and oxygen atoms in total. The molecule has 24 heavy (non-hydrogen) atoms. The van der Waals surface area contributed by atoms with E-state index in [1.54, 1.807) is 0 Å². The summed E-state index contributed by atoms with van der Waals surface area (Å²) in [7, 11) is 0. The number of rotatable bonds is 20. The molecule has 0 aromatic carbocycles. The molecule has 0 amide bonds. The van der Waals surface area contributed by atoms with E-state index in [-0.39, 0.29) is 0 Å². The molecule has 0 aliphatic rings. The average molecular weight is 357 g/mol. The summed E-state index contributed by atoms with van der Waals surface area (Å²) < 4.78 is 0. The summed E-state index contributed by atoms with van der Waals surface area (Å²) in [6.45, 7) is 6.99. The summed E-state index contributed by atoms with van der Waals surface area (Å²) in [5, 5.41) is 0.881. The summed E-state index contributed by atoms with van der Waals surface area (Å²) in [6.07, 6.45) is 26.2. The second-order valence-corrected chi connectivity index (χ2v) is 9.32. The molecule has 0 fully saturated rings. The van der Waals surface area contributed by atoms with Crippen LogP contribution < -0.4 is 0 Å². The van der Waals surface area contributed by atoms with Crippen molar-refractivity contribution in [3.63, 3.8) is 0 Å². The van der Waals surface area contributed by atoms with Crippen molar-refractivity contribution in [3.8, 4) is 0 Å². The molecular formula is C23H48S. The molecular weight excluding hydrogens is 308 g/mol. The zero-order valence-electron chi connectivity index (χ0n) is 17.4. The van der Waals surface area contributed by atoms with E-state index in [1.165, 1.54) is 121 Å². The van der Waals surface area contributed by atoms with Gasteiger partial charge in [0.25, 0.3) is 0 Å². The Kier molecular flexibility index (Phi) is 21.7. The Morgan fingerprint density at radius 2 is 0.875 bits per heavy atom. The lowest BCUT2D eigenvalue weighted by Crippen LogP contribution is -1.96. The van der Waals surface area contributed by atoms with Crippen LogP contribution in [0.1, 0.15) is 136 Å². The monoisotopic (exact) mass is 356 g/mol. The summed E-state index contributed by atoms with van der Waals surface area (Å²) >= 11 is 2.19. The van der Waals surface area contributed by atoms with Crippen LogP contribution in [0.25, 0.3) is 0 Å². The molecule has 0 aromatic heterocycles. The Balaban J connectivity index is 3.00. The maximum atomic E-state index is 2.39. The van der Waals surface area contributed by atoms with Gasteiger partial charge in [0.15, 0.2) is 0 Å². The topological polar surface area (TPSA) is 0 Å².